The third-order valence-corrected chi connectivity index (χ3v) is 6.81. The second-order valence-electron chi connectivity index (χ2n) is 10.1. The van der Waals surface area contributed by atoms with Crippen LogP contribution < -0.4 is 15.4 Å². The zero-order valence-corrected chi connectivity index (χ0v) is 21.9. The van der Waals surface area contributed by atoms with E-state index in [0.717, 1.165) is 61.8 Å². The van der Waals surface area contributed by atoms with Crippen molar-refractivity contribution in [2.24, 2.45) is 5.92 Å². The first-order chi connectivity index (χ1) is 16.9. The highest BCUT2D eigenvalue weighted by Crippen LogP contribution is 2.26. The van der Waals surface area contributed by atoms with Crippen molar-refractivity contribution in [3.8, 4) is 6.01 Å². The number of nitrogens with two attached hydrogens (primary N) is 1. The third kappa shape index (κ3) is 6.04. The Balaban J connectivity index is 1.48. The third-order valence-electron chi connectivity index (χ3n) is 6.81. The Hall–Kier alpha value is -2.88. The fourth-order valence-electron chi connectivity index (χ4n) is 5.02. The number of nitrogen functional groups attached to an aromatic ring is 1. The van der Waals surface area contributed by atoms with Gasteiger partial charge in [0.2, 0.25) is 0 Å². The lowest BCUT2D eigenvalue weighted by Gasteiger charge is -2.34. The molecular formula is C25H39BN8O. The van der Waals surface area contributed by atoms with Crippen LogP contribution in [-0.2, 0) is 6.42 Å². The molecule has 1 fully saturated rings. The summed E-state index contributed by atoms with van der Waals surface area (Å²) >= 11 is 0. The van der Waals surface area contributed by atoms with Crippen molar-refractivity contribution in [1.29, 1.82) is 0 Å². The van der Waals surface area contributed by atoms with Gasteiger partial charge >= 0.3 is 6.01 Å². The zero-order valence-electron chi connectivity index (χ0n) is 21.9. The van der Waals surface area contributed by atoms with E-state index < -0.39 is 0 Å². The quantitative estimate of drug-likeness (QED) is 0.444. The summed E-state index contributed by atoms with van der Waals surface area (Å²) in [6.45, 7) is 7.59. The molecule has 3 aromatic heterocycles. The molecule has 2 N–H and O–H groups in total. The SMILES string of the molecule is BC[C@@H](CCC)Oc1nc(N)c2ncc(Cc3cnc(N4CCC(CN(C)C)CC4)c(C)c3)n2n1. The minimum absolute atomic E-state index is 0.0798. The molecule has 35 heavy (non-hydrogen) atoms. The van der Waals surface area contributed by atoms with Gasteiger partial charge < -0.3 is 20.3 Å². The highest BCUT2D eigenvalue weighted by molar-refractivity contribution is 6.08. The summed E-state index contributed by atoms with van der Waals surface area (Å²) in [6, 6.07) is 2.53. The van der Waals surface area contributed by atoms with Gasteiger partial charge in [-0.3, -0.25) is 0 Å². The van der Waals surface area contributed by atoms with Crippen molar-refractivity contribution in [3.05, 3.63) is 35.3 Å². The van der Waals surface area contributed by atoms with Crippen LogP contribution >= 0.6 is 0 Å². The smallest absolute Gasteiger partial charge is 0.336 e. The van der Waals surface area contributed by atoms with E-state index in [1.165, 1.54) is 18.4 Å². The topological polar surface area (TPSA) is 97.7 Å². The summed E-state index contributed by atoms with van der Waals surface area (Å²) < 4.78 is 7.79. The first-order valence-corrected chi connectivity index (χ1v) is 12.9. The predicted octanol–water partition coefficient (Wildman–Crippen LogP) is 2.38. The Kier molecular flexibility index (Phi) is 8.10. The fourth-order valence-corrected chi connectivity index (χ4v) is 5.02. The van der Waals surface area contributed by atoms with Crippen LogP contribution in [0.15, 0.2) is 18.5 Å². The number of nitrogens with zero attached hydrogens (tertiary/aromatic N) is 7. The Bertz CT molecular complexity index is 1130. The molecule has 0 amide bonds. The summed E-state index contributed by atoms with van der Waals surface area (Å²) in [5.74, 6) is 2.20. The van der Waals surface area contributed by atoms with E-state index in [1.54, 1.807) is 4.52 Å². The highest BCUT2D eigenvalue weighted by Gasteiger charge is 2.22. The first-order valence-electron chi connectivity index (χ1n) is 12.9. The number of ether oxygens (including phenoxy) is 1. The summed E-state index contributed by atoms with van der Waals surface area (Å²) in [7, 11) is 6.42. The number of piperidine rings is 1. The molecular weight excluding hydrogens is 439 g/mol. The molecule has 10 heteroatoms. The summed E-state index contributed by atoms with van der Waals surface area (Å²) in [4.78, 5) is 18.4. The number of hydrogen-bond donors (Lipinski definition) is 1. The van der Waals surface area contributed by atoms with Gasteiger partial charge in [-0.2, -0.15) is 4.98 Å². The maximum absolute atomic E-state index is 6.18. The van der Waals surface area contributed by atoms with Gasteiger partial charge in [0, 0.05) is 32.3 Å². The lowest BCUT2D eigenvalue weighted by molar-refractivity contribution is 0.190. The zero-order chi connectivity index (χ0) is 24.9. The lowest BCUT2D eigenvalue weighted by atomic mass is 9.96. The van der Waals surface area contributed by atoms with Crippen LogP contribution in [0.2, 0.25) is 6.32 Å². The van der Waals surface area contributed by atoms with Gasteiger partial charge in [-0.05, 0) is 63.6 Å². The van der Waals surface area contributed by atoms with Gasteiger partial charge in [-0.25, -0.2) is 14.5 Å². The summed E-state index contributed by atoms with van der Waals surface area (Å²) in [6.07, 6.45) is 9.85. The predicted molar refractivity (Wildman–Crippen MR) is 143 cm³/mol. The van der Waals surface area contributed by atoms with Crippen molar-refractivity contribution in [2.45, 2.75) is 58.4 Å². The Labute approximate surface area is 209 Å². The average molecular weight is 478 g/mol. The molecule has 188 valence electrons. The van der Waals surface area contributed by atoms with Crippen LogP contribution in [0.3, 0.4) is 0 Å². The number of aryl methyl sites for hydroxylation is 1. The van der Waals surface area contributed by atoms with Crippen molar-refractivity contribution in [1.82, 2.24) is 29.5 Å². The molecule has 4 heterocycles. The summed E-state index contributed by atoms with van der Waals surface area (Å²) in [5.41, 5.74) is 9.99. The molecule has 0 unspecified atom stereocenters. The number of rotatable bonds is 10. The minimum atomic E-state index is 0.0798. The van der Waals surface area contributed by atoms with Gasteiger partial charge in [0.25, 0.3) is 0 Å². The number of imidazole rings is 1. The van der Waals surface area contributed by atoms with Crippen LogP contribution in [0.25, 0.3) is 5.65 Å². The van der Waals surface area contributed by atoms with E-state index >= 15 is 0 Å². The molecule has 4 rings (SSSR count). The number of anilines is 2. The fraction of sp³-hybridized carbons (Fsp3) is 0.600. The first kappa shape index (κ1) is 25.2. The van der Waals surface area contributed by atoms with Gasteiger partial charge in [-0.15, -0.1) is 5.10 Å². The van der Waals surface area contributed by atoms with E-state index in [4.69, 9.17) is 15.5 Å². The van der Waals surface area contributed by atoms with Crippen molar-refractivity contribution >= 4 is 25.1 Å². The molecule has 1 aliphatic heterocycles. The van der Waals surface area contributed by atoms with Gasteiger partial charge in [-0.1, -0.05) is 19.4 Å². The molecule has 1 aliphatic rings. The molecule has 0 aliphatic carbocycles. The second kappa shape index (κ2) is 11.2. The largest absolute Gasteiger partial charge is 0.460 e. The number of hydrogen-bond acceptors (Lipinski definition) is 8. The van der Waals surface area contributed by atoms with Crippen molar-refractivity contribution in [3.63, 3.8) is 0 Å². The molecule has 0 aromatic carbocycles. The monoisotopic (exact) mass is 478 g/mol. The molecule has 0 radical (unpaired) electrons. The second-order valence-corrected chi connectivity index (χ2v) is 10.1. The van der Waals surface area contributed by atoms with Crippen LogP contribution in [0.1, 0.15) is 49.4 Å². The Morgan fingerprint density at radius 3 is 2.66 bits per heavy atom. The average Bonchev–Trinajstić information content (AvgIpc) is 3.22. The molecule has 1 atom stereocenters. The number of pyridine rings is 1. The van der Waals surface area contributed by atoms with Crippen LogP contribution in [0.4, 0.5) is 11.6 Å². The van der Waals surface area contributed by atoms with Crippen LogP contribution in [0, 0.1) is 12.8 Å². The molecule has 0 bridgehead atoms. The highest BCUT2D eigenvalue weighted by atomic mass is 16.5. The molecule has 0 spiro atoms. The maximum Gasteiger partial charge on any atom is 0.336 e. The molecule has 0 saturated carbocycles. The number of fused-ring (bicyclic) bond motifs is 1. The molecule has 1 saturated heterocycles. The minimum Gasteiger partial charge on any atom is -0.460 e. The van der Waals surface area contributed by atoms with Gasteiger partial charge in [0.05, 0.1) is 18.0 Å². The van der Waals surface area contributed by atoms with Crippen LogP contribution in [-0.4, -0.2) is 77.1 Å². The Morgan fingerprint density at radius 1 is 1.23 bits per heavy atom. The van der Waals surface area contributed by atoms with E-state index in [9.17, 15) is 0 Å². The van der Waals surface area contributed by atoms with Crippen molar-refractivity contribution in [2.75, 3.05) is 44.4 Å². The van der Waals surface area contributed by atoms with E-state index in [1.807, 2.05) is 12.4 Å². The van der Waals surface area contributed by atoms with E-state index in [-0.39, 0.29) is 6.10 Å². The van der Waals surface area contributed by atoms with Crippen LogP contribution in [0.5, 0.6) is 6.01 Å². The van der Waals surface area contributed by atoms with E-state index in [0.29, 0.717) is 23.9 Å². The van der Waals surface area contributed by atoms with E-state index in [2.05, 4.69) is 66.7 Å². The van der Waals surface area contributed by atoms with Crippen molar-refractivity contribution < 1.29 is 4.74 Å². The lowest BCUT2D eigenvalue weighted by Crippen LogP contribution is -2.37. The van der Waals surface area contributed by atoms with Gasteiger partial charge in [0.15, 0.2) is 11.5 Å². The Morgan fingerprint density at radius 2 is 2.00 bits per heavy atom. The number of aromatic nitrogens is 5. The normalized spacial score (nSPS) is 15.7. The molecule has 9 nitrogen and oxygen atoms in total. The van der Waals surface area contributed by atoms with Gasteiger partial charge in [0.1, 0.15) is 13.7 Å². The maximum atomic E-state index is 6.18. The summed E-state index contributed by atoms with van der Waals surface area (Å²) in [5, 5.41) is 4.61. The molecule has 3 aromatic rings. The standard InChI is InChI=1S/C25H39BN8O/c1-5-6-21(13-26)35-25-30-22(27)24-29-15-20(34(24)31-25)12-19-11-17(2)23(28-14-19)33-9-7-18(8-10-33)16-32(3)4/h11,14-15,18,21H,5-10,12-13,16,26H2,1-4H3,(H2,27,30,31)/t21-/m1/s1.